The molecule has 0 amide bonds. The van der Waals surface area contributed by atoms with Gasteiger partial charge in [0.1, 0.15) is 6.10 Å². The molecule has 1 saturated carbocycles. The number of aliphatic carboxylic acids is 1. The van der Waals surface area contributed by atoms with E-state index in [0.717, 1.165) is 12.8 Å². The van der Waals surface area contributed by atoms with E-state index in [0.29, 0.717) is 5.57 Å². The molecule has 0 spiro atoms. The average Bonchev–Trinajstić information content (AvgIpc) is 2.71. The molecule has 1 fully saturated rings. The maximum Gasteiger partial charge on any atom is 0.333 e. The van der Waals surface area contributed by atoms with Crippen molar-refractivity contribution in [3.8, 4) is 0 Å². The number of carbonyl (C=O) groups is 2. The highest BCUT2D eigenvalue weighted by Crippen LogP contribution is 2.21. The fraction of sp³-hybridized carbons (Fsp3) is 0.538. The van der Waals surface area contributed by atoms with Gasteiger partial charge in [0.25, 0.3) is 0 Å². The minimum absolute atomic E-state index is 0.166. The topological polar surface area (TPSA) is 63.6 Å². The molecule has 1 aliphatic carbocycles. The standard InChI is InChI=1S/C9H14O2.C4H6O2/c1-7(2)9(10)11-8-5-3-4-6-8;1-3(2)4(5)6/h8H,1,3-6H2,2H3;1H2,2H3,(H,5,6). The van der Waals surface area contributed by atoms with Gasteiger partial charge in [0.05, 0.1) is 0 Å². The summed E-state index contributed by atoms with van der Waals surface area (Å²) in [6.07, 6.45) is 4.60. The summed E-state index contributed by atoms with van der Waals surface area (Å²) in [5, 5.41) is 7.89. The van der Waals surface area contributed by atoms with Crippen molar-refractivity contribution in [1.82, 2.24) is 0 Å². The van der Waals surface area contributed by atoms with E-state index in [4.69, 9.17) is 9.84 Å². The molecular formula is C13H20O4. The van der Waals surface area contributed by atoms with Gasteiger partial charge < -0.3 is 9.84 Å². The Bertz CT molecular complexity index is 299. The number of carboxylic acid groups (broad SMARTS) is 1. The number of hydrogen-bond donors (Lipinski definition) is 1. The summed E-state index contributed by atoms with van der Waals surface area (Å²) < 4.78 is 5.13. The van der Waals surface area contributed by atoms with E-state index < -0.39 is 5.97 Å². The van der Waals surface area contributed by atoms with Crippen LogP contribution in [-0.2, 0) is 14.3 Å². The van der Waals surface area contributed by atoms with Crippen molar-refractivity contribution in [1.29, 1.82) is 0 Å². The van der Waals surface area contributed by atoms with Crippen molar-refractivity contribution in [2.45, 2.75) is 45.6 Å². The molecule has 0 aromatic heterocycles. The number of esters is 1. The molecule has 0 aromatic carbocycles. The van der Waals surface area contributed by atoms with E-state index in [1.807, 2.05) is 0 Å². The molecule has 1 rings (SSSR count). The largest absolute Gasteiger partial charge is 0.478 e. The first-order valence-electron chi connectivity index (χ1n) is 5.60. The van der Waals surface area contributed by atoms with Gasteiger partial charge in [-0.3, -0.25) is 0 Å². The highest BCUT2D eigenvalue weighted by Gasteiger charge is 2.18. The molecule has 4 heteroatoms. The zero-order valence-corrected chi connectivity index (χ0v) is 10.5. The Balaban J connectivity index is 0.000000366. The van der Waals surface area contributed by atoms with Crippen molar-refractivity contribution in [2.24, 2.45) is 0 Å². The maximum absolute atomic E-state index is 11.0. The lowest BCUT2D eigenvalue weighted by Gasteiger charge is -2.10. The van der Waals surface area contributed by atoms with E-state index in [1.165, 1.54) is 19.8 Å². The van der Waals surface area contributed by atoms with Crippen LogP contribution < -0.4 is 0 Å². The minimum atomic E-state index is -0.935. The molecule has 0 radical (unpaired) electrons. The van der Waals surface area contributed by atoms with Gasteiger partial charge in [-0.25, -0.2) is 9.59 Å². The molecule has 0 aliphatic heterocycles. The molecule has 0 atom stereocenters. The SMILES string of the molecule is C=C(C)C(=O)O.C=C(C)C(=O)OC1CCCC1. The third-order valence-corrected chi connectivity index (χ3v) is 2.29. The minimum Gasteiger partial charge on any atom is -0.478 e. The predicted octanol–water partition coefficient (Wildman–Crippen LogP) is 2.70. The zero-order valence-electron chi connectivity index (χ0n) is 10.5. The van der Waals surface area contributed by atoms with Gasteiger partial charge >= 0.3 is 11.9 Å². The van der Waals surface area contributed by atoms with Gasteiger partial charge in [0.2, 0.25) is 0 Å². The van der Waals surface area contributed by atoms with Crippen LogP contribution in [0.4, 0.5) is 0 Å². The Kier molecular flexibility index (Phi) is 6.94. The second kappa shape index (κ2) is 7.65. The van der Waals surface area contributed by atoms with Crippen LogP contribution in [0.3, 0.4) is 0 Å². The van der Waals surface area contributed by atoms with Crippen molar-refractivity contribution < 1.29 is 19.4 Å². The smallest absolute Gasteiger partial charge is 0.333 e. The highest BCUT2D eigenvalue weighted by atomic mass is 16.5. The van der Waals surface area contributed by atoms with Crippen molar-refractivity contribution in [3.05, 3.63) is 24.3 Å². The van der Waals surface area contributed by atoms with Gasteiger partial charge in [0.15, 0.2) is 0 Å². The van der Waals surface area contributed by atoms with Gasteiger partial charge in [-0.2, -0.15) is 0 Å². The molecule has 0 unspecified atom stereocenters. The van der Waals surface area contributed by atoms with E-state index in [2.05, 4.69) is 13.2 Å². The van der Waals surface area contributed by atoms with Crippen LogP contribution in [0.2, 0.25) is 0 Å². The first-order valence-corrected chi connectivity index (χ1v) is 5.60. The molecule has 96 valence electrons. The summed E-state index contributed by atoms with van der Waals surface area (Å²) in [7, 11) is 0. The molecule has 4 nitrogen and oxygen atoms in total. The Hall–Kier alpha value is -1.58. The van der Waals surface area contributed by atoms with Crippen LogP contribution in [0.5, 0.6) is 0 Å². The van der Waals surface area contributed by atoms with E-state index >= 15 is 0 Å². The van der Waals surface area contributed by atoms with Crippen LogP contribution in [0.1, 0.15) is 39.5 Å². The second-order valence-electron chi connectivity index (χ2n) is 4.18. The summed E-state index contributed by atoms with van der Waals surface area (Å²) in [5.41, 5.74) is 0.673. The average molecular weight is 240 g/mol. The lowest BCUT2D eigenvalue weighted by molar-refractivity contribution is -0.143. The molecule has 1 aliphatic rings. The van der Waals surface area contributed by atoms with Crippen molar-refractivity contribution in [3.63, 3.8) is 0 Å². The van der Waals surface area contributed by atoms with Crippen LogP contribution in [0.15, 0.2) is 24.3 Å². The van der Waals surface area contributed by atoms with Gasteiger partial charge in [-0.05, 0) is 39.5 Å². The van der Waals surface area contributed by atoms with E-state index in [1.54, 1.807) is 6.92 Å². The van der Waals surface area contributed by atoms with Crippen molar-refractivity contribution in [2.75, 3.05) is 0 Å². The van der Waals surface area contributed by atoms with Crippen LogP contribution in [-0.4, -0.2) is 23.1 Å². The molecular weight excluding hydrogens is 220 g/mol. The van der Waals surface area contributed by atoms with E-state index in [9.17, 15) is 9.59 Å². The zero-order chi connectivity index (χ0) is 13.4. The summed E-state index contributed by atoms with van der Waals surface area (Å²) in [4.78, 5) is 20.6. The number of ether oxygens (including phenoxy) is 1. The lowest BCUT2D eigenvalue weighted by Crippen LogP contribution is -2.14. The molecule has 0 bridgehead atoms. The molecule has 1 N–H and O–H groups in total. The summed E-state index contributed by atoms with van der Waals surface area (Å²) in [6, 6.07) is 0. The second-order valence-corrected chi connectivity index (χ2v) is 4.18. The monoisotopic (exact) mass is 240 g/mol. The fourth-order valence-corrected chi connectivity index (χ4v) is 1.26. The fourth-order valence-electron chi connectivity index (χ4n) is 1.26. The van der Waals surface area contributed by atoms with Gasteiger partial charge in [-0.15, -0.1) is 0 Å². The van der Waals surface area contributed by atoms with Gasteiger partial charge in [0, 0.05) is 11.1 Å². The number of carbonyl (C=O) groups excluding carboxylic acids is 1. The number of carboxylic acids is 1. The van der Waals surface area contributed by atoms with Gasteiger partial charge in [-0.1, -0.05) is 13.2 Å². The van der Waals surface area contributed by atoms with E-state index in [-0.39, 0.29) is 17.6 Å². The molecule has 0 aromatic rings. The first-order chi connectivity index (χ1) is 7.84. The lowest BCUT2D eigenvalue weighted by atomic mass is 10.3. The number of rotatable bonds is 3. The quantitative estimate of drug-likeness (QED) is 0.608. The third-order valence-electron chi connectivity index (χ3n) is 2.29. The Morgan fingerprint density at radius 3 is 1.82 bits per heavy atom. The first kappa shape index (κ1) is 15.4. The molecule has 0 heterocycles. The van der Waals surface area contributed by atoms with Crippen LogP contribution in [0, 0.1) is 0 Å². The Morgan fingerprint density at radius 2 is 1.53 bits per heavy atom. The predicted molar refractivity (Wildman–Crippen MR) is 65.6 cm³/mol. The Morgan fingerprint density at radius 1 is 1.12 bits per heavy atom. The summed E-state index contributed by atoms with van der Waals surface area (Å²) in [5.74, 6) is -1.17. The molecule has 0 saturated heterocycles. The summed E-state index contributed by atoms with van der Waals surface area (Å²) in [6.45, 7) is 9.80. The van der Waals surface area contributed by atoms with Crippen LogP contribution in [0.25, 0.3) is 0 Å². The Labute approximate surface area is 102 Å². The maximum atomic E-state index is 11.0. The third kappa shape index (κ3) is 7.33. The van der Waals surface area contributed by atoms with Crippen molar-refractivity contribution >= 4 is 11.9 Å². The molecule has 17 heavy (non-hydrogen) atoms. The normalized spacial score (nSPS) is 14.5. The van der Waals surface area contributed by atoms with Crippen LogP contribution >= 0.6 is 0 Å². The summed E-state index contributed by atoms with van der Waals surface area (Å²) >= 11 is 0. The highest BCUT2D eigenvalue weighted by molar-refractivity contribution is 5.87. The number of hydrogen-bond acceptors (Lipinski definition) is 3.